The molecule has 0 bridgehead atoms. The molecule has 1 aromatic heterocycles. The highest BCUT2D eigenvalue weighted by molar-refractivity contribution is 7.99. The fourth-order valence-electron chi connectivity index (χ4n) is 3.15. The van der Waals surface area contributed by atoms with E-state index in [1.807, 2.05) is 23.1 Å². The van der Waals surface area contributed by atoms with Crippen molar-refractivity contribution < 1.29 is 14.3 Å². The first-order valence-electron chi connectivity index (χ1n) is 8.36. The summed E-state index contributed by atoms with van der Waals surface area (Å²) in [5.41, 5.74) is 0.973. The van der Waals surface area contributed by atoms with Crippen molar-refractivity contribution in [2.24, 2.45) is 0 Å². The molecule has 140 valence electrons. The molecule has 0 saturated carbocycles. The van der Waals surface area contributed by atoms with Crippen LogP contribution in [0.5, 0.6) is 11.5 Å². The number of carbonyl (C=O) groups is 1. The standard InChI is InChI=1S/C17H23N5O3S/c1-11-19-20-17(22(11)18)26-10-16(23)21-8-4-5-14(21)13-9-12(24-2)6-7-15(13)25-3/h6-7,9,14H,4-5,8,10,18H2,1-3H3/t14-/m1/s1. The summed E-state index contributed by atoms with van der Waals surface area (Å²) in [4.78, 5) is 14.7. The Labute approximate surface area is 156 Å². The van der Waals surface area contributed by atoms with Gasteiger partial charge in [-0.2, -0.15) is 0 Å². The number of carbonyl (C=O) groups excluding carboxylic acids is 1. The molecule has 26 heavy (non-hydrogen) atoms. The first kappa shape index (κ1) is 18.4. The van der Waals surface area contributed by atoms with Gasteiger partial charge in [0.2, 0.25) is 11.1 Å². The van der Waals surface area contributed by atoms with Gasteiger partial charge in [0, 0.05) is 12.1 Å². The van der Waals surface area contributed by atoms with Gasteiger partial charge in [0.05, 0.1) is 26.0 Å². The smallest absolute Gasteiger partial charge is 0.233 e. The van der Waals surface area contributed by atoms with Crippen LogP contribution in [0.2, 0.25) is 0 Å². The lowest BCUT2D eigenvalue weighted by atomic mass is 10.0. The Kier molecular flexibility index (Phi) is 5.55. The third kappa shape index (κ3) is 3.57. The monoisotopic (exact) mass is 377 g/mol. The Morgan fingerprint density at radius 1 is 1.35 bits per heavy atom. The molecule has 2 aromatic rings. The van der Waals surface area contributed by atoms with Gasteiger partial charge in [0.25, 0.3) is 0 Å². The summed E-state index contributed by atoms with van der Waals surface area (Å²) in [5.74, 6) is 8.28. The summed E-state index contributed by atoms with van der Waals surface area (Å²) in [6.07, 6.45) is 1.85. The average Bonchev–Trinajstić information content (AvgIpc) is 3.27. The van der Waals surface area contributed by atoms with Crippen molar-refractivity contribution in [3.8, 4) is 11.5 Å². The molecule has 1 aromatic carbocycles. The van der Waals surface area contributed by atoms with Gasteiger partial charge in [-0.15, -0.1) is 10.2 Å². The van der Waals surface area contributed by atoms with Crippen LogP contribution in [0.3, 0.4) is 0 Å². The molecule has 0 spiro atoms. The molecule has 9 heteroatoms. The summed E-state index contributed by atoms with van der Waals surface area (Å²) in [5, 5.41) is 8.43. The second-order valence-electron chi connectivity index (χ2n) is 6.04. The van der Waals surface area contributed by atoms with E-state index in [-0.39, 0.29) is 17.7 Å². The first-order valence-corrected chi connectivity index (χ1v) is 9.35. The number of benzene rings is 1. The zero-order valence-electron chi connectivity index (χ0n) is 15.1. The van der Waals surface area contributed by atoms with E-state index in [2.05, 4.69) is 10.2 Å². The number of thioether (sulfide) groups is 1. The second kappa shape index (κ2) is 7.86. The summed E-state index contributed by atoms with van der Waals surface area (Å²) in [7, 11) is 3.27. The maximum Gasteiger partial charge on any atom is 0.233 e. The number of ether oxygens (including phenoxy) is 2. The third-order valence-corrected chi connectivity index (χ3v) is 5.46. The molecule has 1 atom stereocenters. The van der Waals surface area contributed by atoms with E-state index in [4.69, 9.17) is 15.3 Å². The minimum absolute atomic E-state index is 0.0226. The number of nitrogen functional groups attached to an aromatic ring is 1. The molecule has 0 unspecified atom stereocenters. The molecule has 1 aliphatic rings. The number of hydrogen-bond acceptors (Lipinski definition) is 7. The molecule has 1 aliphatic heterocycles. The van der Waals surface area contributed by atoms with E-state index >= 15 is 0 Å². The SMILES string of the molecule is COc1ccc(OC)c([C@H]2CCCN2C(=O)CSc2nnc(C)n2N)c1. The summed E-state index contributed by atoms with van der Waals surface area (Å²) in [6, 6.07) is 5.66. The van der Waals surface area contributed by atoms with Crippen molar-refractivity contribution in [3.05, 3.63) is 29.6 Å². The van der Waals surface area contributed by atoms with Gasteiger partial charge >= 0.3 is 0 Å². The number of rotatable bonds is 6. The number of hydrogen-bond donors (Lipinski definition) is 1. The number of nitrogens with two attached hydrogens (primary N) is 1. The number of aromatic nitrogens is 3. The van der Waals surface area contributed by atoms with Gasteiger partial charge in [-0.1, -0.05) is 11.8 Å². The molecule has 3 rings (SSSR count). The molecule has 0 aliphatic carbocycles. The van der Waals surface area contributed by atoms with Gasteiger partial charge in [-0.05, 0) is 38.0 Å². The van der Waals surface area contributed by atoms with Crippen molar-refractivity contribution in [1.29, 1.82) is 0 Å². The Morgan fingerprint density at radius 3 is 2.81 bits per heavy atom. The predicted molar refractivity (Wildman–Crippen MR) is 98.9 cm³/mol. The van der Waals surface area contributed by atoms with Gasteiger partial charge < -0.3 is 20.2 Å². The minimum atomic E-state index is -0.0226. The average molecular weight is 377 g/mol. The van der Waals surface area contributed by atoms with Crippen molar-refractivity contribution in [2.45, 2.75) is 31.0 Å². The number of likely N-dealkylation sites (tertiary alicyclic amines) is 1. The molecule has 8 nitrogen and oxygen atoms in total. The van der Waals surface area contributed by atoms with Gasteiger partial charge in [0.15, 0.2) is 0 Å². The van der Waals surface area contributed by atoms with Crippen LogP contribution in [0, 0.1) is 6.92 Å². The number of amides is 1. The molecule has 1 saturated heterocycles. The van der Waals surface area contributed by atoms with Crippen LogP contribution < -0.4 is 15.3 Å². The largest absolute Gasteiger partial charge is 0.497 e. The lowest BCUT2D eigenvalue weighted by Gasteiger charge is -2.26. The quantitative estimate of drug-likeness (QED) is 0.605. The predicted octanol–water partition coefficient (Wildman–Crippen LogP) is 1.77. The fraction of sp³-hybridized carbons (Fsp3) is 0.471. The van der Waals surface area contributed by atoms with E-state index in [0.717, 1.165) is 36.4 Å². The number of nitrogens with zero attached hydrogens (tertiary/aromatic N) is 4. The fourth-order valence-corrected chi connectivity index (χ4v) is 3.93. The van der Waals surface area contributed by atoms with Crippen LogP contribution in [0.25, 0.3) is 0 Å². The second-order valence-corrected chi connectivity index (χ2v) is 6.98. The van der Waals surface area contributed by atoms with Crippen molar-refractivity contribution >= 4 is 17.7 Å². The van der Waals surface area contributed by atoms with Crippen LogP contribution >= 0.6 is 11.8 Å². The van der Waals surface area contributed by atoms with Crippen LogP contribution in [-0.4, -0.2) is 52.2 Å². The Balaban J connectivity index is 1.75. The van der Waals surface area contributed by atoms with Crippen LogP contribution in [0.4, 0.5) is 0 Å². The summed E-state index contributed by atoms with van der Waals surface area (Å²) < 4.78 is 12.2. The minimum Gasteiger partial charge on any atom is -0.497 e. The Morgan fingerprint density at radius 2 is 2.15 bits per heavy atom. The lowest BCUT2D eigenvalue weighted by molar-refractivity contribution is -0.129. The molecular formula is C17H23N5O3S. The summed E-state index contributed by atoms with van der Waals surface area (Å²) in [6.45, 7) is 2.49. The molecule has 2 heterocycles. The van der Waals surface area contributed by atoms with E-state index in [1.54, 1.807) is 21.1 Å². The topological polar surface area (TPSA) is 95.5 Å². The van der Waals surface area contributed by atoms with Crippen LogP contribution in [0.1, 0.15) is 30.3 Å². The maximum absolute atomic E-state index is 12.8. The highest BCUT2D eigenvalue weighted by Crippen LogP contribution is 2.39. The van der Waals surface area contributed by atoms with Crippen LogP contribution in [0.15, 0.2) is 23.4 Å². The Hall–Kier alpha value is -2.42. The van der Waals surface area contributed by atoms with Crippen molar-refractivity contribution in [2.75, 3.05) is 32.4 Å². The molecule has 1 amide bonds. The lowest BCUT2D eigenvalue weighted by Crippen LogP contribution is -2.32. The van der Waals surface area contributed by atoms with E-state index in [1.165, 1.54) is 16.4 Å². The van der Waals surface area contributed by atoms with Crippen molar-refractivity contribution in [3.63, 3.8) is 0 Å². The van der Waals surface area contributed by atoms with E-state index < -0.39 is 0 Å². The normalized spacial score (nSPS) is 16.7. The zero-order valence-corrected chi connectivity index (χ0v) is 16.0. The Bertz CT molecular complexity index is 795. The zero-order chi connectivity index (χ0) is 18.7. The van der Waals surface area contributed by atoms with Crippen LogP contribution in [-0.2, 0) is 4.79 Å². The van der Waals surface area contributed by atoms with Gasteiger partial charge in [-0.3, -0.25) is 4.79 Å². The van der Waals surface area contributed by atoms with Crippen molar-refractivity contribution in [1.82, 2.24) is 19.8 Å². The maximum atomic E-state index is 12.8. The highest BCUT2D eigenvalue weighted by atomic mass is 32.2. The van der Waals surface area contributed by atoms with Gasteiger partial charge in [0.1, 0.15) is 17.3 Å². The summed E-state index contributed by atoms with van der Waals surface area (Å²) >= 11 is 1.29. The number of aryl methyl sites for hydroxylation is 1. The third-order valence-electron chi connectivity index (χ3n) is 4.53. The van der Waals surface area contributed by atoms with E-state index in [9.17, 15) is 4.79 Å². The first-order chi connectivity index (χ1) is 12.5. The molecular weight excluding hydrogens is 354 g/mol. The molecule has 0 radical (unpaired) electrons. The van der Waals surface area contributed by atoms with E-state index in [0.29, 0.717) is 11.0 Å². The number of methoxy groups -OCH3 is 2. The highest BCUT2D eigenvalue weighted by Gasteiger charge is 2.32. The molecule has 2 N–H and O–H groups in total. The van der Waals surface area contributed by atoms with Gasteiger partial charge in [-0.25, -0.2) is 4.68 Å². The molecule has 1 fully saturated rings.